The number of benzene rings is 1. The maximum absolute atomic E-state index is 13.9. The predicted molar refractivity (Wildman–Crippen MR) is 135 cm³/mol. The standard InChI is InChI=1S/C24H33F3N6O4S/c1-31(38(35,36)32-10-6-18(7-11-32)29-23(34)28-17-2-3-17)19-4-5-21-20(14-19)30-22(24(25,26)27)33(21)15-16-8-12-37-13-9-16/h4-5,14,16-18H,2-3,6-13,15H2,1H3,(H2,28,29,34). The van der Waals surface area contributed by atoms with E-state index in [9.17, 15) is 26.4 Å². The number of hydrogen-bond acceptors (Lipinski definition) is 5. The molecule has 1 saturated carbocycles. The minimum absolute atomic E-state index is 0.0437. The first-order valence-corrected chi connectivity index (χ1v) is 14.4. The molecule has 3 heterocycles. The van der Waals surface area contributed by atoms with E-state index in [1.54, 1.807) is 0 Å². The lowest BCUT2D eigenvalue weighted by atomic mass is 10.0. The average Bonchev–Trinajstić information content (AvgIpc) is 3.62. The fourth-order valence-corrected chi connectivity index (χ4v) is 6.48. The van der Waals surface area contributed by atoms with Gasteiger partial charge in [0.2, 0.25) is 5.82 Å². The number of amides is 2. The van der Waals surface area contributed by atoms with E-state index in [-0.39, 0.29) is 54.9 Å². The van der Waals surface area contributed by atoms with Crippen molar-refractivity contribution in [3.63, 3.8) is 0 Å². The van der Waals surface area contributed by atoms with Crippen LogP contribution in [0.3, 0.4) is 0 Å². The highest BCUT2D eigenvalue weighted by molar-refractivity contribution is 7.90. The third-order valence-electron chi connectivity index (χ3n) is 7.50. The molecule has 3 fully saturated rings. The molecule has 0 atom stereocenters. The number of aromatic nitrogens is 2. The van der Waals surface area contributed by atoms with Gasteiger partial charge in [-0.25, -0.2) is 9.78 Å². The van der Waals surface area contributed by atoms with E-state index in [4.69, 9.17) is 4.74 Å². The van der Waals surface area contributed by atoms with E-state index in [1.165, 1.54) is 34.1 Å². The van der Waals surface area contributed by atoms with Gasteiger partial charge in [0, 0.05) is 52.0 Å². The number of nitrogens with one attached hydrogen (secondary N) is 2. The van der Waals surface area contributed by atoms with Gasteiger partial charge in [0.1, 0.15) is 0 Å². The van der Waals surface area contributed by atoms with Crippen molar-refractivity contribution in [1.29, 1.82) is 0 Å². The summed E-state index contributed by atoms with van der Waals surface area (Å²) in [5.74, 6) is -0.941. The molecule has 5 rings (SSSR count). The van der Waals surface area contributed by atoms with Gasteiger partial charge in [-0.15, -0.1) is 0 Å². The largest absolute Gasteiger partial charge is 0.449 e. The quantitative estimate of drug-likeness (QED) is 0.543. The van der Waals surface area contributed by atoms with Crippen LogP contribution in [-0.2, 0) is 27.7 Å². The lowest BCUT2D eigenvalue weighted by Crippen LogP contribution is -2.51. The first-order valence-electron chi connectivity index (χ1n) is 13.0. The zero-order chi connectivity index (χ0) is 27.1. The number of halogens is 3. The molecule has 38 heavy (non-hydrogen) atoms. The van der Waals surface area contributed by atoms with Gasteiger partial charge in [-0.3, -0.25) is 4.31 Å². The van der Waals surface area contributed by atoms with E-state index in [2.05, 4.69) is 15.6 Å². The number of carbonyl (C=O) groups is 1. The van der Waals surface area contributed by atoms with Crippen LogP contribution in [0.5, 0.6) is 0 Å². The third kappa shape index (κ3) is 5.86. The minimum atomic E-state index is -4.64. The number of urea groups is 1. The van der Waals surface area contributed by atoms with Crippen molar-refractivity contribution in [3.05, 3.63) is 24.0 Å². The molecule has 2 amide bonds. The van der Waals surface area contributed by atoms with Gasteiger partial charge in [0.25, 0.3) is 0 Å². The molecule has 0 spiro atoms. The number of alkyl halides is 3. The van der Waals surface area contributed by atoms with Crippen LogP contribution in [-0.4, -0.2) is 73.7 Å². The lowest BCUT2D eigenvalue weighted by Gasteiger charge is -2.34. The molecular formula is C24H33F3N6O4S. The lowest BCUT2D eigenvalue weighted by molar-refractivity contribution is -0.147. The molecular weight excluding hydrogens is 525 g/mol. The zero-order valence-electron chi connectivity index (χ0n) is 21.2. The van der Waals surface area contributed by atoms with Gasteiger partial charge >= 0.3 is 22.4 Å². The van der Waals surface area contributed by atoms with Crippen LogP contribution in [0.15, 0.2) is 18.2 Å². The summed E-state index contributed by atoms with van der Waals surface area (Å²) >= 11 is 0. The molecule has 2 saturated heterocycles. The van der Waals surface area contributed by atoms with Crippen molar-refractivity contribution in [2.45, 2.75) is 63.3 Å². The van der Waals surface area contributed by atoms with Crippen LogP contribution >= 0.6 is 0 Å². The summed E-state index contributed by atoms with van der Waals surface area (Å²) in [6.45, 7) is 1.66. The van der Waals surface area contributed by atoms with E-state index < -0.39 is 22.2 Å². The molecule has 14 heteroatoms. The molecule has 2 aliphatic heterocycles. The van der Waals surface area contributed by atoms with Crippen LogP contribution < -0.4 is 14.9 Å². The Morgan fingerprint density at radius 2 is 1.71 bits per heavy atom. The number of carbonyl (C=O) groups excluding carboxylic acids is 1. The number of hydrogen-bond donors (Lipinski definition) is 2. The molecule has 3 aliphatic rings. The Balaban J connectivity index is 1.30. The number of nitrogens with zero attached hydrogens (tertiary/aromatic N) is 4. The molecule has 0 radical (unpaired) electrons. The molecule has 2 aromatic rings. The van der Waals surface area contributed by atoms with Crippen LogP contribution in [0.2, 0.25) is 0 Å². The first kappa shape index (κ1) is 27.0. The number of ether oxygens (including phenoxy) is 1. The summed E-state index contributed by atoms with van der Waals surface area (Å²) in [5, 5.41) is 5.76. The van der Waals surface area contributed by atoms with Gasteiger partial charge in [0.15, 0.2) is 0 Å². The number of imidazole rings is 1. The number of piperidine rings is 1. The Hall–Kier alpha value is -2.58. The normalized spacial score (nSPS) is 20.5. The van der Waals surface area contributed by atoms with Gasteiger partial charge < -0.3 is 19.9 Å². The monoisotopic (exact) mass is 558 g/mol. The number of anilines is 1. The SMILES string of the molecule is CN(c1ccc2c(c1)nc(C(F)(F)F)n2CC1CCOCC1)S(=O)(=O)N1CCC(NC(=O)NC2CC2)CC1. The topological polar surface area (TPSA) is 109 Å². The summed E-state index contributed by atoms with van der Waals surface area (Å²) < 4.78 is 77.2. The highest BCUT2D eigenvalue weighted by Crippen LogP contribution is 2.35. The Kier molecular flexibility index (Phi) is 7.48. The maximum Gasteiger partial charge on any atom is 0.449 e. The fraction of sp³-hybridized carbons (Fsp3) is 0.667. The second-order valence-corrected chi connectivity index (χ2v) is 12.3. The Morgan fingerprint density at radius 3 is 2.32 bits per heavy atom. The Bertz CT molecular complexity index is 1270. The van der Waals surface area contributed by atoms with Gasteiger partial charge in [0.05, 0.1) is 16.7 Å². The van der Waals surface area contributed by atoms with Gasteiger partial charge in [-0.1, -0.05) is 0 Å². The van der Waals surface area contributed by atoms with Crippen LogP contribution in [0.1, 0.15) is 44.3 Å². The van der Waals surface area contributed by atoms with Gasteiger partial charge in [-0.2, -0.15) is 25.9 Å². The summed E-state index contributed by atoms with van der Waals surface area (Å²) in [6.07, 6.45) is -0.394. The zero-order valence-corrected chi connectivity index (χ0v) is 22.0. The van der Waals surface area contributed by atoms with Crippen molar-refractivity contribution in [2.24, 2.45) is 5.92 Å². The molecule has 2 N–H and O–H groups in total. The van der Waals surface area contributed by atoms with E-state index >= 15 is 0 Å². The molecule has 1 aliphatic carbocycles. The Labute approximate surface area is 219 Å². The van der Waals surface area contributed by atoms with E-state index in [0.717, 1.165) is 17.1 Å². The summed E-state index contributed by atoms with van der Waals surface area (Å²) in [6, 6.07) is 4.29. The molecule has 1 aromatic heterocycles. The van der Waals surface area contributed by atoms with Crippen LogP contribution in [0.4, 0.5) is 23.7 Å². The van der Waals surface area contributed by atoms with Crippen molar-refractivity contribution >= 4 is 33.0 Å². The minimum Gasteiger partial charge on any atom is -0.381 e. The molecule has 0 unspecified atom stereocenters. The second-order valence-electron chi connectivity index (χ2n) is 10.3. The fourth-order valence-electron chi connectivity index (χ4n) is 5.08. The number of fused-ring (bicyclic) bond motifs is 1. The number of rotatable bonds is 7. The van der Waals surface area contributed by atoms with Crippen molar-refractivity contribution in [2.75, 3.05) is 37.7 Å². The summed E-state index contributed by atoms with van der Waals surface area (Å²) in [5.41, 5.74) is 0.634. The molecule has 210 valence electrons. The molecule has 10 nitrogen and oxygen atoms in total. The molecule has 0 bridgehead atoms. The summed E-state index contributed by atoms with van der Waals surface area (Å²) in [7, 11) is -2.55. The van der Waals surface area contributed by atoms with E-state index in [1.807, 2.05) is 0 Å². The highest BCUT2D eigenvalue weighted by atomic mass is 32.2. The Morgan fingerprint density at radius 1 is 1.08 bits per heavy atom. The van der Waals surface area contributed by atoms with Crippen molar-refractivity contribution in [1.82, 2.24) is 24.5 Å². The maximum atomic E-state index is 13.9. The highest BCUT2D eigenvalue weighted by Gasteiger charge is 2.39. The predicted octanol–water partition coefficient (Wildman–Crippen LogP) is 3.09. The van der Waals surface area contributed by atoms with Crippen LogP contribution in [0, 0.1) is 5.92 Å². The van der Waals surface area contributed by atoms with Crippen molar-refractivity contribution in [3.8, 4) is 0 Å². The molecule has 1 aromatic carbocycles. The van der Waals surface area contributed by atoms with E-state index in [0.29, 0.717) is 44.4 Å². The first-order chi connectivity index (χ1) is 18.0. The van der Waals surface area contributed by atoms with Crippen LogP contribution in [0.25, 0.3) is 11.0 Å². The second kappa shape index (κ2) is 10.5. The average molecular weight is 559 g/mol. The smallest absolute Gasteiger partial charge is 0.381 e. The van der Waals surface area contributed by atoms with Crippen molar-refractivity contribution < 1.29 is 31.1 Å². The summed E-state index contributed by atoms with van der Waals surface area (Å²) in [4.78, 5) is 15.9. The van der Waals surface area contributed by atoms with Gasteiger partial charge in [-0.05, 0) is 62.6 Å². The third-order valence-corrected chi connectivity index (χ3v) is 9.43.